The van der Waals surface area contributed by atoms with E-state index >= 15 is 0 Å². The maximum Gasteiger partial charge on any atom is 0.387 e. The van der Waals surface area contributed by atoms with Crippen molar-refractivity contribution in [2.75, 3.05) is 0 Å². The van der Waals surface area contributed by atoms with Crippen LogP contribution in [0, 0.1) is 18.3 Å². The largest absolute Gasteiger partial charge is 0.481 e. The third kappa shape index (κ3) is 3.14. The van der Waals surface area contributed by atoms with Gasteiger partial charge in [0, 0.05) is 0 Å². The molecule has 0 unspecified atom stereocenters. The van der Waals surface area contributed by atoms with Gasteiger partial charge in [-0.2, -0.15) is 14.0 Å². The minimum Gasteiger partial charge on any atom is -0.481 e. The van der Waals surface area contributed by atoms with Crippen molar-refractivity contribution in [1.29, 1.82) is 5.26 Å². The second kappa shape index (κ2) is 5.25. The second-order valence-corrected chi connectivity index (χ2v) is 3.29. The van der Waals surface area contributed by atoms with Crippen molar-refractivity contribution in [1.82, 2.24) is 0 Å². The molecule has 0 saturated carbocycles. The van der Waals surface area contributed by atoms with Gasteiger partial charge < -0.3 is 9.84 Å². The first-order valence-corrected chi connectivity index (χ1v) is 4.65. The van der Waals surface area contributed by atoms with Gasteiger partial charge in [0.15, 0.2) is 0 Å². The fraction of sp³-hybridized carbons (Fsp3) is 0.273. The monoisotopic (exact) mass is 241 g/mol. The van der Waals surface area contributed by atoms with Crippen LogP contribution in [-0.2, 0) is 11.2 Å². The van der Waals surface area contributed by atoms with Gasteiger partial charge in [-0.1, -0.05) is 6.07 Å². The molecule has 0 aromatic heterocycles. The third-order valence-electron chi connectivity index (χ3n) is 2.16. The summed E-state index contributed by atoms with van der Waals surface area (Å²) in [6, 6.07) is 4.36. The lowest BCUT2D eigenvalue weighted by molar-refractivity contribution is -0.136. The number of carboxylic acid groups (broad SMARTS) is 1. The van der Waals surface area contributed by atoms with E-state index in [1.165, 1.54) is 12.1 Å². The maximum atomic E-state index is 12.1. The zero-order valence-electron chi connectivity index (χ0n) is 8.91. The summed E-state index contributed by atoms with van der Waals surface area (Å²) < 4.78 is 28.3. The van der Waals surface area contributed by atoms with E-state index in [9.17, 15) is 13.6 Å². The lowest BCUT2D eigenvalue weighted by atomic mass is 9.99. The zero-order chi connectivity index (χ0) is 13.0. The smallest absolute Gasteiger partial charge is 0.387 e. The molecule has 0 heterocycles. The highest BCUT2D eigenvalue weighted by molar-refractivity contribution is 5.73. The Balaban J connectivity index is 3.27. The Kier molecular flexibility index (Phi) is 3.99. The molecule has 0 saturated heterocycles. The number of halogens is 2. The van der Waals surface area contributed by atoms with Crippen LogP contribution in [0.1, 0.15) is 16.7 Å². The number of alkyl halides is 2. The molecule has 0 amide bonds. The van der Waals surface area contributed by atoms with Crippen LogP contribution in [0.4, 0.5) is 8.78 Å². The van der Waals surface area contributed by atoms with Gasteiger partial charge in [0.25, 0.3) is 0 Å². The van der Waals surface area contributed by atoms with Crippen molar-refractivity contribution in [2.24, 2.45) is 0 Å². The Bertz CT molecular complexity index is 480. The summed E-state index contributed by atoms with van der Waals surface area (Å²) in [5.74, 6) is -1.44. The minimum absolute atomic E-state index is 0.160. The van der Waals surface area contributed by atoms with Crippen molar-refractivity contribution in [3.05, 3.63) is 28.8 Å². The van der Waals surface area contributed by atoms with Gasteiger partial charge in [-0.05, 0) is 24.1 Å². The molecule has 0 radical (unpaired) electrons. The predicted molar refractivity (Wildman–Crippen MR) is 53.9 cm³/mol. The lowest BCUT2D eigenvalue weighted by Crippen LogP contribution is -2.09. The zero-order valence-corrected chi connectivity index (χ0v) is 8.91. The minimum atomic E-state index is -3.05. The van der Waals surface area contributed by atoms with E-state index in [-0.39, 0.29) is 16.9 Å². The molecule has 0 bridgehead atoms. The fourth-order valence-corrected chi connectivity index (χ4v) is 1.43. The molecule has 6 heteroatoms. The van der Waals surface area contributed by atoms with Crippen molar-refractivity contribution >= 4 is 5.97 Å². The molecule has 0 aliphatic rings. The van der Waals surface area contributed by atoms with Crippen LogP contribution < -0.4 is 4.74 Å². The Labute approximate surface area is 96.0 Å². The predicted octanol–water partition coefficient (Wildman–Crippen LogP) is 2.10. The molecular weight excluding hydrogens is 232 g/mol. The summed E-state index contributed by atoms with van der Waals surface area (Å²) in [7, 11) is 0. The van der Waals surface area contributed by atoms with Gasteiger partial charge in [0.2, 0.25) is 0 Å². The standard InChI is InChI=1S/C11H9F2NO3/c1-6-2-3-9(17-11(12)13)8(5-14)7(6)4-10(15)16/h2-3,11H,4H2,1H3,(H,15,16). The Morgan fingerprint density at radius 2 is 2.24 bits per heavy atom. The quantitative estimate of drug-likeness (QED) is 0.876. The Hall–Kier alpha value is -2.16. The van der Waals surface area contributed by atoms with Crippen LogP contribution in [0.2, 0.25) is 0 Å². The van der Waals surface area contributed by atoms with Gasteiger partial charge in [-0.3, -0.25) is 4.79 Å². The number of rotatable bonds is 4. The van der Waals surface area contributed by atoms with Crippen molar-refractivity contribution < 1.29 is 23.4 Å². The number of aryl methyl sites for hydroxylation is 1. The van der Waals surface area contributed by atoms with Gasteiger partial charge in [-0.15, -0.1) is 0 Å². The number of carbonyl (C=O) groups is 1. The molecule has 17 heavy (non-hydrogen) atoms. The first-order chi connectivity index (χ1) is 7.95. The summed E-state index contributed by atoms with van der Waals surface area (Å²) in [5, 5.41) is 17.6. The normalized spacial score (nSPS) is 10.1. The van der Waals surface area contributed by atoms with E-state index in [0.717, 1.165) is 0 Å². The molecule has 0 fully saturated rings. The SMILES string of the molecule is Cc1ccc(OC(F)F)c(C#N)c1CC(=O)O. The highest BCUT2D eigenvalue weighted by Gasteiger charge is 2.17. The van der Waals surface area contributed by atoms with Gasteiger partial charge in [0.05, 0.1) is 12.0 Å². The fourth-order valence-electron chi connectivity index (χ4n) is 1.43. The Morgan fingerprint density at radius 3 is 2.71 bits per heavy atom. The molecule has 1 aromatic rings. The van der Waals surface area contributed by atoms with Crippen molar-refractivity contribution in [2.45, 2.75) is 20.0 Å². The van der Waals surface area contributed by atoms with Gasteiger partial charge in [-0.25, -0.2) is 0 Å². The molecule has 1 rings (SSSR count). The average molecular weight is 241 g/mol. The molecule has 4 nitrogen and oxygen atoms in total. The highest BCUT2D eigenvalue weighted by atomic mass is 19.3. The first-order valence-electron chi connectivity index (χ1n) is 4.65. The molecule has 1 N–H and O–H groups in total. The number of benzene rings is 1. The van der Waals surface area contributed by atoms with Crippen LogP contribution in [0.3, 0.4) is 0 Å². The van der Waals surface area contributed by atoms with E-state index in [0.29, 0.717) is 5.56 Å². The molecule has 0 aliphatic heterocycles. The summed E-state index contributed by atoms with van der Waals surface area (Å²) in [6.07, 6.45) is -0.408. The van der Waals surface area contributed by atoms with E-state index < -0.39 is 19.0 Å². The van der Waals surface area contributed by atoms with Crippen molar-refractivity contribution in [3.8, 4) is 11.8 Å². The van der Waals surface area contributed by atoms with Crippen LogP contribution in [-0.4, -0.2) is 17.7 Å². The molecule has 0 spiro atoms. The molecular formula is C11H9F2NO3. The number of hydrogen-bond donors (Lipinski definition) is 1. The van der Waals surface area contributed by atoms with E-state index in [4.69, 9.17) is 10.4 Å². The van der Waals surface area contributed by atoms with E-state index in [1.54, 1.807) is 13.0 Å². The van der Waals surface area contributed by atoms with Crippen LogP contribution in [0.5, 0.6) is 5.75 Å². The maximum absolute atomic E-state index is 12.1. The van der Waals surface area contributed by atoms with E-state index in [1.807, 2.05) is 0 Å². The number of aliphatic carboxylic acids is 1. The number of carboxylic acids is 1. The molecule has 90 valence electrons. The lowest BCUT2D eigenvalue weighted by Gasteiger charge is -2.11. The summed E-state index contributed by atoms with van der Waals surface area (Å²) in [6.45, 7) is -1.45. The molecule has 0 aliphatic carbocycles. The number of ether oxygens (including phenoxy) is 1. The summed E-state index contributed by atoms with van der Waals surface area (Å²) in [5.41, 5.74) is 0.580. The summed E-state index contributed by atoms with van der Waals surface area (Å²) in [4.78, 5) is 10.6. The summed E-state index contributed by atoms with van der Waals surface area (Å²) >= 11 is 0. The van der Waals surface area contributed by atoms with E-state index in [2.05, 4.69) is 4.74 Å². The molecule has 0 atom stereocenters. The number of nitrogens with zero attached hydrogens (tertiary/aromatic N) is 1. The van der Waals surface area contributed by atoms with Crippen LogP contribution in [0.15, 0.2) is 12.1 Å². The van der Waals surface area contributed by atoms with Crippen LogP contribution >= 0.6 is 0 Å². The average Bonchev–Trinajstić information content (AvgIpc) is 2.22. The second-order valence-electron chi connectivity index (χ2n) is 3.29. The first kappa shape index (κ1) is 12.9. The number of nitriles is 1. The van der Waals surface area contributed by atoms with Crippen molar-refractivity contribution in [3.63, 3.8) is 0 Å². The van der Waals surface area contributed by atoms with Crippen LogP contribution in [0.25, 0.3) is 0 Å². The third-order valence-corrected chi connectivity index (χ3v) is 2.16. The highest BCUT2D eigenvalue weighted by Crippen LogP contribution is 2.26. The number of hydrogen-bond acceptors (Lipinski definition) is 3. The van der Waals surface area contributed by atoms with Gasteiger partial charge >= 0.3 is 12.6 Å². The Morgan fingerprint density at radius 1 is 1.59 bits per heavy atom. The topological polar surface area (TPSA) is 70.3 Å². The van der Waals surface area contributed by atoms with Gasteiger partial charge in [0.1, 0.15) is 11.8 Å². The molecule has 1 aromatic carbocycles.